The van der Waals surface area contributed by atoms with Crippen molar-refractivity contribution in [1.82, 2.24) is 5.32 Å². The number of ether oxygens (including phenoxy) is 1. The number of carbonyl (C=O) groups excluding carboxylic acids is 1. The van der Waals surface area contributed by atoms with Gasteiger partial charge in [-0.1, -0.05) is 23.2 Å². The highest BCUT2D eigenvalue weighted by Crippen LogP contribution is 2.28. The van der Waals surface area contributed by atoms with Crippen LogP contribution in [0.25, 0.3) is 0 Å². The summed E-state index contributed by atoms with van der Waals surface area (Å²) in [5, 5.41) is 3.33. The fraction of sp³-hybridized carbons (Fsp3) is 0.278. The van der Waals surface area contributed by atoms with Crippen LogP contribution in [0, 0.1) is 0 Å². The molecule has 9 heteroatoms. The van der Waals surface area contributed by atoms with E-state index in [-0.39, 0.29) is 33.7 Å². The van der Waals surface area contributed by atoms with Crippen molar-refractivity contribution in [3.63, 3.8) is 0 Å². The molecule has 0 fully saturated rings. The fourth-order valence-corrected chi connectivity index (χ4v) is 3.61. The van der Waals surface area contributed by atoms with Crippen LogP contribution in [-0.4, -0.2) is 26.5 Å². The average Bonchev–Trinajstić information content (AvgIpc) is 2.54. The van der Waals surface area contributed by atoms with E-state index in [0.29, 0.717) is 10.7 Å². The van der Waals surface area contributed by atoms with Crippen molar-refractivity contribution in [3.05, 3.63) is 52.5 Å². The van der Waals surface area contributed by atoms with E-state index < -0.39 is 10.0 Å². The lowest BCUT2D eigenvalue weighted by atomic mass is 10.1. The molecule has 0 unspecified atom stereocenters. The normalized spacial score (nSPS) is 11.7. The molecule has 2 N–H and O–H groups in total. The van der Waals surface area contributed by atoms with Crippen LogP contribution in [0.1, 0.15) is 20.8 Å². The summed E-state index contributed by atoms with van der Waals surface area (Å²) in [6.45, 7) is 5.33. The number of hydrogen-bond acceptors (Lipinski definition) is 4. The Hall–Kier alpha value is -1.96. The van der Waals surface area contributed by atoms with Crippen LogP contribution in [0.5, 0.6) is 5.75 Å². The topological polar surface area (TPSA) is 84.5 Å². The lowest BCUT2D eigenvalue weighted by molar-refractivity contribution is -0.124. The molecule has 6 nitrogen and oxygen atoms in total. The van der Waals surface area contributed by atoms with Crippen molar-refractivity contribution in [2.24, 2.45) is 0 Å². The van der Waals surface area contributed by atoms with Crippen LogP contribution in [0.4, 0.5) is 5.69 Å². The lowest BCUT2D eigenvalue weighted by Crippen LogP contribution is -2.43. The van der Waals surface area contributed by atoms with Gasteiger partial charge in [0.15, 0.2) is 6.61 Å². The molecule has 0 saturated carbocycles. The Bertz CT molecular complexity index is 923. The quantitative estimate of drug-likeness (QED) is 0.722. The Labute approximate surface area is 168 Å². The second kappa shape index (κ2) is 8.37. The smallest absolute Gasteiger partial charge is 0.261 e. The van der Waals surface area contributed by atoms with E-state index in [1.807, 2.05) is 20.8 Å². The number of benzene rings is 2. The predicted octanol–water partition coefficient (Wildman–Crippen LogP) is 4.09. The first-order chi connectivity index (χ1) is 12.5. The Morgan fingerprint density at radius 1 is 1.07 bits per heavy atom. The third kappa shape index (κ3) is 6.61. The molecule has 2 aromatic rings. The van der Waals surface area contributed by atoms with Crippen LogP contribution in [0.3, 0.4) is 0 Å². The van der Waals surface area contributed by atoms with E-state index in [0.717, 1.165) is 0 Å². The van der Waals surface area contributed by atoms with Crippen LogP contribution >= 0.6 is 23.2 Å². The second-order valence-electron chi connectivity index (χ2n) is 6.79. The van der Waals surface area contributed by atoms with Gasteiger partial charge in [0.05, 0.1) is 9.92 Å². The third-order valence-corrected chi connectivity index (χ3v) is 5.11. The highest BCUT2D eigenvalue weighted by molar-refractivity contribution is 7.92. The Morgan fingerprint density at radius 2 is 1.70 bits per heavy atom. The maximum Gasteiger partial charge on any atom is 0.261 e. The molecule has 146 valence electrons. The SMILES string of the molecule is CC(C)(C)NC(=O)COc1ccc(S(=O)(=O)Nc2ccc(Cl)cc2)cc1Cl. The van der Waals surface area contributed by atoms with E-state index in [9.17, 15) is 13.2 Å². The van der Waals surface area contributed by atoms with E-state index >= 15 is 0 Å². The van der Waals surface area contributed by atoms with Gasteiger partial charge in [0.2, 0.25) is 0 Å². The van der Waals surface area contributed by atoms with Gasteiger partial charge in [0.1, 0.15) is 5.75 Å². The van der Waals surface area contributed by atoms with Crippen molar-refractivity contribution >= 4 is 44.8 Å². The monoisotopic (exact) mass is 430 g/mol. The van der Waals surface area contributed by atoms with Gasteiger partial charge in [0.25, 0.3) is 15.9 Å². The standard InChI is InChI=1S/C18H20Cl2N2O4S/c1-18(2,3)21-17(23)11-26-16-9-8-14(10-15(16)20)27(24,25)22-13-6-4-12(19)5-7-13/h4-10,22H,11H2,1-3H3,(H,21,23). The maximum absolute atomic E-state index is 12.5. The van der Waals surface area contributed by atoms with Crippen molar-refractivity contribution in [2.45, 2.75) is 31.2 Å². The molecule has 1 amide bonds. The minimum Gasteiger partial charge on any atom is -0.482 e. The fourth-order valence-electron chi connectivity index (χ4n) is 2.10. The summed E-state index contributed by atoms with van der Waals surface area (Å²) < 4.78 is 32.7. The van der Waals surface area contributed by atoms with Gasteiger partial charge >= 0.3 is 0 Å². The first-order valence-electron chi connectivity index (χ1n) is 7.98. The van der Waals surface area contributed by atoms with E-state index in [4.69, 9.17) is 27.9 Å². The number of hydrogen-bond donors (Lipinski definition) is 2. The average molecular weight is 431 g/mol. The molecule has 0 saturated heterocycles. The van der Waals surface area contributed by atoms with Gasteiger partial charge in [0, 0.05) is 16.2 Å². The summed E-state index contributed by atoms with van der Waals surface area (Å²) in [6.07, 6.45) is 0. The number of nitrogens with one attached hydrogen (secondary N) is 2. The number of halogens is 2. The molecule has 27 heavy (non-hydrogen) atoms. The molecule has 2 aromatic carbocycles. The van der Waals surface area contributed by atoms with Gasteiger partial charge in [-0.05, 0) is 63.2 Å². The van der Waals surface area contributed by atoms with Gasteiger partial charge in [-0.15, -0.1) is 0 Å². The zero-order valence-corrected chi connectivity index (χ0v) is 17.4. The molecule has 0 spiro atoms. The molecule has 0 atom stereocenters. The number of sulfonamides is 1. The first-order valence-corrected chi connectivity index (χ1v) is 10.2. The van der Waals surface area contributed by atoms with Gasteiger partial charge < -0.3 is 10.1 Å². The summed E-state index contributed by atoms with van der Waals surface area (Å²) in [5.74, 6) is -0.0918. The molecule has 2 rings (SSSR count). The van der Waals surface area contributed by atoms with Crippen LogP contribution < -0.4 is 14.8 Å². The van der Waals surface area contributed by atoms with Crippen molar-refractivity contribution in [1.29, 1.82) is 0 Å². The van der Waals surface area contributed by atoms with E-state index in [1.165, 1.54) is 18.2 Å². The summed E-state index contributed by atoms with van der Waals surface area (Å²) in [7, 11) is -3.83. The largest absolute Gasteiger partial charge is 0.482 e. The number of amides is 1. The van der Waals surface area contributed by atoms with Gasteiger partial charge in [-0.3, -0.25) is 9.52 Å². The van der Waals surface area contributed by atoms with Crippen LogP contribution in [-0.2, 0) is 14.8 Å². The molecular formula is C18H20Cl2N2O4S. The molecular weight excluding hydrogens is 411 g/mol. The van der Waals surface area contributed by atoms with Gasteiger partial charge in [-0.2, -0.15) is 0 Å². The number of carbonyl (C=O) groups is 1. The Kier molecular flexibility index (Phi) is 6.62. The Morgan fingerprint density at radius 3 is 2.26 bits per heavy atom. The highest BCUT2D eigenvalue weighted by atomic mass is 35.5. The summed E-state index contributed by atoms with van der Waals surface area (Å²) >= 11 is 11.9. The molecule has 0 aliphatic rings. The molecule has 0 aliphatic carbocycles. The van der Waals surface area contributed by atoms with Crippen molar-refractivity contribution in [2.75, 3.05) is 11.3 Å². The summed E-state index contributed by atoms with van der Waals surface area (Å²) in [4.78, 5) is 11.8. The molecule has 0 heterocycles. The minimum absolute atomic E-state index is 0.0334. The van der Waals surface area contributed by atoms with Crippen LogP contribution in [0.2, 0.25) is 10.0 Å². The molecule has 0 aromatic heterocycles. The predicted molar refractivity (Wildman–Crippen MR) is 107 cm³/mol. The second-order valence-corrected chi connectivity index (χ2v) is 9.32. The maximum atomic E-state index is 12.5. The zero-order valence-electron chi connectivity index (χ0n) is 15.0. The highest BCUT2D eigenvalue weighted by Gasteiger charge is 2.18. The first kappa shape index (κ1) is 21.3. The minimum atomic E-state index is -3.83. The molecule has 0 radical (unpaired) electrons. The zero-order chi connectivity index (χ0) is 20.2. The van der Waals surface area contributed by atoms with Gasteiger partial charge in [-0.25, -0.2) is 8.42 Å². The number of anilines is 1. The molecule has 0 aliphatic heterocycles. The van der Waals surface area contributed by atoms with E-state index in [1.54, 1.807) is 24.3 Å². The Balaban J connectivity index is 2.08. The lowest BCUT2D eigenvalue weighted by Gasteiger charge is -2.20. The van der Waals surface area contributed by atoms with E-state index in [2.05, 4.69) is 10.0 Å². The third-order valence-electron chi connectivity index (χ3n) is 3.18. The molecule has 0 bridgehead atoms. The van der Waals surface area contributed by atoms with Crippen LogP contribution in [0.15, 0.2) is 47.4 Å². The summed E-state index contributed by atoms with van der Waals surface area (Å²) in [5.41, 5.74) is -0.00936. The van der Waals surface area contributed by atoms with Crippen molar-refractivity contribution < 1.29 is 17.9 Å². The summed E-state index contributed by atoms with van der Waals surface area (Å²) in [6, 6.07) is 10.3. The number of rotatable bonds is 6. The van der Waals surface area contributed by atoms with Crippen molar-refractivity contribution in [3.8, 4) is 5.75 Å².